The zero-order chi connectivity index (χ0) is 27.3. The number of nitriles is 2. The van der Waals surface area contributed by atoms with Crippen LogP contribution in [0.5, 0.6) is 0 Å². The van der Waals surface area contributed by atoms with Crippen molar-refractivity contribution in [2.45, 2.75) is 12.8 Å². The third-order valence-electron chi connectivity index (χ3n) is 5.49. The number of aryl methyl sites for hydroxylation is 1. The van der Waals surface area contributed by atoms with Gasteiger partial charge in [-0.1, -0.05) is 42.5 Å². The average molecular weight is 505 g/mol. The fourth-order valence-corrected chi connectivity index (χ4v) is 3.33. The number of carbonyl (C=O) groups excluding carboxylic acids is 2. The Bertz CT molecular complexity index is 1490. The zero-order valence-electron chi connectivity index (χ0n) is 20.3. The van der Waals surface area contributed by atoms with E-state index in [1.165, 1.54) is 30.3 Å². The Morgan fingerprint density at radius 3 is 1.63 bits per heavy atom. The predicted octanol–water partition coefficient (Wildman–Crippen LogP) is 7.11. The average Bonchev–Trinajstić information content (AvgIpc) is 2.96. The van der Waals surface area contributed by atoms with Crippen molar-refractivity contribution in [1.29, 1.82) is 10.5 Å². The van der Waals surface area contributed by atoms with Gasteiger partial charge >= 0.3 is 0 Å². The number of rotatable bonds is 7. The summed E-state index contributed by atoms with van der Waals surface area (Å²) < 4.78 is 25.4. The van der Waals surface area contributed by atoms with Crippen LogP contribution < -0.4 is 0 Å². The van der Waals surface area contributed by atoms with Crippen molar-refractivity contribution < 1.29 is 18.4 Å². The van der Waals surface area contributed by atoms with Gasteiger partial charge in [-0.3, -0.25) is 9.59 Å². The predicted molar refractivity (Wildman–Crippen MR) is 141 cm³/mol. The molecule has 4 aromatic rings. The minimum atomic E-state index is -0.310. The quantitative estimate of drug-likeness (QED) is 0.198. The second kappa shape index (κ2) is 13.8. The number of nitrogens with zero attached hydrogens (tertiary/aromatic N) is 2. The van der Waals surface area contributed by atoms with Crippen LogP contribution in [0.1, 0.15) is 49.4 Å². The van der Waals surface area contributed by atoms with E-state index >= 15 is 0 Å². The first-order valence-electron chi connectivity index (χ1n) is 11.6. The van der Waals surface area contributed by atoms with E-state index in [4.69, 9.17) is 10.5 Å². The Hall–Kier alpha value is -5.20. The highest BCUT2D eigenvalue weighted by Gasteiger charge is 2.06. The van der Waals surface area contributed by atoms with Crippen LogP contribution in [0.15, 0.2) is 103 Å². The molecule has 38 heavy (non-hydrogen) atoms. The first-order valence-corrected chi connectivity index (χ1v) is 11.6. The Kier molecular flexibility index (Phi) is 9.93. The molecule has 4 nitrogen and oxygen atoms in total. The van der Waals surface area contributed by atoms with Crippen LogP contribution in [0.3, 0.4) is 0 Å². The Labute approximate surface area is 219 Å². The number of allylic oxidation sites excluding steroid dienone is 1. The van der Waals surface area contributed by atoms with E-state index in [2.05, 4.69) is 0 Å². The molecule has 6 heteroatoms. The Balaban J connectivity index is 0.000000211. The van der Waals surface area contributed by atoms with E-state index in [1.807, 2.05) is 12.1 Å². The smallest absolute Gasteiger partial charge is 0.185 e. The van der Waals surface area contributed by atoms with Crippen LogP contribution in [0, 0.1) is 34.3 Å². The Morgan fingerprint density at radius 1 is 0.658 bits per heavy atom. The molecule has 0 fully saturated rings. The molecule has 0 aliphatic carbocycles. The highest BCUT2D eigenvalue weighted by Crippen LogP contribution is 2.11. The van der Waals surface area contributed by atoms with Crippen molar-refractivity contribution >= 4 is 17.6 Å². The molecule has 0 spiro atoms. The monoisotopic (exact) mass is 504 g/mol. The van der Waals surface area contributed by atoms with Crippen LogP contribution >= 0.6 is 0 Å². The molecule has 0 saturated carbocycles. The van der Waals surface area contributed by atoms with Crippen molar-refractivity contribution in [3.05, 3.63) is 148 Å². The van der Waals surface area contributed by atoms with Crippen LogP contribution in [-0.2, 0) is 6.42 Å². The maximum absolute atomic E-state index is 12.7. The standard InChI is InChI=1S/C16H12FNO.C16H10FNO/c2*17-15-8-3-12(4-9-15)5-10-16(19)14-6-1-13(11-18)2-7-14/h1-4,6-9H,5,10H2;1-10H. The summed E-state index contributed by atoms with van der Waals surface area (Å²) in [5, 5.41) is 17.3. The van der Waals surface area contributed by atoms with Gasteiger partial charge in [-0.15, -0.1) is 0 Å². The third-order valence-corrected chi connectivity index (χ3v) is 5.49. The van der Waals surface area contributed by atoms with E-state index in [9.17, 15) is 18.4 Å². The molecule has 0 unspecified atom stereocenters. The first-order chi connectivity index (χ1) is 18.4. The van der Waals surface area contributed by atoms with E-state index in [1.54, 1.807) is 78.9 Å². The molecule has 186 valence electrons. The molecular formula is C32H22F2N2O2. The second-order valence-electron chi connectivity index (χ2n) is 8.18. The third kappa shape index (κ3) is 8.48. The van der Waals surface area contributed by atoms with Crippen LogP contribution in [-0.4, -0.2) is 11.6 Å². The fourth-order valence-electron chi connectivity index (χ4n) is 3.33. The van der Waals surface area contributed by atoms with Crippen molar-refractivity contribution in [1.82, 2.24) is 0 Å². The highest BCUT2D eigenvalue weighted by atomic mass is 19.1. The summed E-state index contributed by atoms with van der Waals surface area (Å²) in [6.07, 6.45) is 4.01. The van der Waals surface area contributed by atoms with Gasteiger partial charge in [0, 0.05) is 17.5 Å². The summed E-state index contributed by atoms with van der Waals surface area (Å²) in [4.78, 5) is 23.8. The van der Waals surface area contributed by atoms with Gasteiger partial charge < -0.3 is 0 Å². The number of hydrogen-bond donors (Lipinski definition) is 0. The van der Waals surface area contributed by atoms with E-state index < -0.39 is 0 Å². The summed E-state index contributed by atoms with van der Waals surface area (Å²) in [6.45, 7) is 0. The van der Waals surface area contributed by atoms with Crippen molar-refractivity contribution in [3.63, 3.8) is 0 Å². The molecule has 4 rings (SSSR count). The molecule has 0 aliphatic heterocycles. The zero-order valence-corrected chi connectivity index (χ0v) is 20.3. The second-order valence-corrected chi connectivity index (χ2v) is 8.18. The summed E-state index contributed by atoms with van der Waals surface area (Å²) in [6, 6.07) is 29.0. The van der Waals surface area contributed by atoms with E-state index in [0.29, 0.717) is 35.1 Å². The van der Waals surface area contributed by atoms with E-state index in [-0.39, 0.29) is 23.2 Å². The molecule has 4 aromatic carbocycles. The largest absolute Gasteiger partial charge is 0.294 e. The molecule has 0 aliphatic rings. The first kappa shape index (κ1) is 27.4. The molecular weight excluding hydrogens is 482 g/mol. The number of halogens is 2. The molecule has 0 amide bonds. The maximum Gasteiger partial charge on any atom is 0.185 e. The highest BCUT2D eigenvalue weighted by molar-refractivity contribution is 6.06. The SMILES string of the molecule is N#Cc1ccc(C(=O)C=Cc2ccc(F)cc2)cc1.N#Cc1ccc(C(=O)CCc2ccc(F)cc2)cc1. The van der Waals surface area contributed by atoms with Crippen molar-refractivity contribution in [2.75, 3.05) is 0 Å². The van der Waals surface area contributed by atoms with E-state index in [0.717, 1.165) is 11.1 Å². The summed E-state index contributed by atoms with van der Waals surface area (Å²) in [5.41, 5.74) is 3.85. The van der Waals surface area contributed by atoms with Gasteiger partial charge in [0.05, 0.1) is 23.3 Å². The number of hydrogen-bond acceptors (Lipinski definition) is 4. The summed E-state index contributed by atoms with van der Waals surface area (Å²) in [7, 11) is 0. The minimum Gasteiger partial charge on any atom is -0.294 e. The molecule has 0 N–H and O–H groups in total. The lowest BCUT2D eigenvalue weighted by atomic mass is 10.0. The Morgan fingerprint density at radius 2 is 1.13 bits per heavy atom. The normalized spacial score (nSPS) is 10.1. The molecule has 0 heterocycles. The number of benzene rings is 4. The number of carbonyl (C=O) groups is 2. The summed E-state index contributed by atoms with van der Waals surface area (Å²) >= 11 is 0. The van der Waals surface area contributed by atoms with Crippen LogP contribution in [0.25, 0.3) is 6.08 Å². The van der Waals surface area contributed by atoms with Gasteiger partial charge in [-0.2, -0.15) is 10.5 Å². The van der Waals surface area contributed by atoms with Gasteiger partial charge in [0.25, 0.3) is 0 Å². The van der Waals surface area contributed by atoms with Crippen LogP contribution in [0.4, 0.5) is 8.78 Å². The number of ketones is 2. The fraction of sp³-hybridized carbons (Fsp3) is 0.0625. The minimum absolute atomic E-state index is 0.0221. The van der Waals surface area contributed by atoms with Crippen molar-refractivity contribution in [2.24, 2.45) is 0 Å². The van der Waals surface area contributed by atoms with Gasteiger partial charge in [0.2, 0.25) is 0 Å². The number of Topliss-reactive ketones (excluding diaryl/α,β-unsaturated/α-hetero) is 1. The van der Waals surface area contributed by atoms with Crippen molar-refractivity contribution in [3.8, 4) is 12.1 Å². The molecule has 0 bridgehead atoms. The van der Waals surface area contributed by atoms with Gasteiger partial charge in [0.1, 0.15) is 11.6 Å². The lowest BCUT2D eigenvalue weighted by Crippen LogP contribution is -2.01. The molecule has 0 saturated heterocycles. The lowest BCUT2D eigenvalue weighted by Gasteiger charge is -2.02. The summed E-state index contributed by atoms with van der Waals surface area (Å²) in [5.74, 6) is -0.722. The topological polar surface area (TPSA) is 81.7 Å². The van der Waals surface area contributed by atoms with Gasteiger partial charge in [0.15, 0.2) is 11.6 Å². The van der Waals surface area contributed by atoms with Gasteiger partial charge in [-0.25, -0.2) is 8.78 Å². The van der Waals surface area contributed by atoms with Crippen LogP contribution in [0.2, 0.25) is 0 Å². The molecule has 0 atom stereocenters. The maximum atomic E-state index is 12.7. The van der Waals surface area contributed by atoms with Gasteiger partial charge in [-0.05, 0) is 84.3 Å². The lowest BCUT2D eigenvalue weighted by molar-refractivity contribution is 0.0982. The molecule has 0 radical (unpaired) electrons. The molecule has 0 aromatic heterocycles.